The van der Waals surface area contributed by atoms with Crippen LogP contribution in [0.4, 0.5) is 0 Å². The number of hydrogen-bond donors (Lipinski definition) is 2. The Labute approximate surface area is 137 Å². The number of aliphatic imine (C=N–C) groups is 1. The van der Waals surface area contributed by atoms with Gasteiger partial charge in [-0.15, -0.1) is 6.58 Å². The molecule has 1 rings (SSSR count). The molecular formula is C18H24N2O3. The molecule has 5 nitrogen and oxygen atoms in total. The van der Waals surface area contributed by atoms with E-state index in [1.54, 1.807) is 13.2 Å². The van der Waals surface area contributed by atoms with Crippen LogP contribution in [0.2, 0.25) is 0 Å². The zero-order valence-electron chi connectivity index (χ0n) is 13.4. The first kappa shape index (κ1) is 18.6. The molecule has 0 bridgehead atoms. The summed E-state index contributed by atoms with van der Waals surface area (Å²) in [4.78, 5) is 15.1. The average Bonchev–Trinajstić information content (AvgIpc) is 2.54. The lowest BCUT2D eigenvalue weighted by Gasteiger charge is -2.07. The Bertz CT molecular complexity index is 580. The van der Waals surface area contributed by atoms with Gasteiger partial charge in [0.15, 0.2) is 0 Å². The standard InChI is InChI=1S/C18H24N2O3/c1-3-6-14-9-10-15(17(13-14)23-2)7-5-12-20-16(18(21)22)8-4-11-19/h3,5,7,9-10,12-13,16H,1,4,6,8,11,19H2,2H3,(H,21,22)/b7-5+,20-12?. The van der Waals surface area contributed by atoms with Crippen molar-refractivity contribution >= 4 is 18.3 Å². The summed E-state index contributed by atoms with van der Waals surface area (Å²) < 4.78 is 5.36. The van der Waals surface area contributed by atoms with Crippen LogP contribution in [-0.2, 0) is 11.2 Å². The van der Waals surface area contributed by atoms with Crippen LogP contribution in [-0.4, -0.2) is 37.0 Å². The number of benzene rings is 1. The van der Waals surface area contributed by atoms with Crippen LogP contribution in [0.1, 0.15) is 24.0 Å². The third kappa shape index (κ3) is 6.48. The van der Waals surface area contributed by atoms with Crippen molar-refractivity contribution in [2.45, 2.75) is 25.3 Å². The molecule has 124 valence electrons. The molecule has 0 fully saturated rings. The number of aliphatic carboxylic acids is 1. The van der Waals surface area contributed by atoms with Crippen molar-refractivity contribution in [3.8, 4) is 5.75 Å². The molecule has 1 atom stereocenters. The first-order chi connectivity index (χ1) is 11.1. The van der Waals surface area contributed by atoms with Crippen molar-refractivity contribution in [2.24, 2.45) is 10.7 Å². The SMILES string of the molecule is C=CCc1ccc(/C=C/C=NC(CCCN)C(=O)O)c(OC)c1. The van der Waals surface area contributed by atoms with E-state index in [1.165, 1.54) is 6.21 Å². The highest BCUT2D eigenvalue weighted by atomic mass is 16.5. The van der Waals surface area contributed by atoms with Crippen molar-refractivity contribution in [1.82, 2.24) is 0 Å². The Kier molecular flexibility index (Phi) is 8.39. The maximum atomic E-state index is 11.1. The first-order valence-electron chi connectivity index (χ1n) is 7.53. The van der Waals surface area contributed by atoms with Gasteiger partial charge in [-0.2, -0.15) is 0 Å². The number of carbonyl (C=O) groups is 1. The summed E-state index contributed by atoms with van der Waals surface area (Å²) in [7, 11) is 1.62. The van der Waals surface area contributed by atoms with Gasteiger partial charge in [0.25, 0.3) is 0 Å². The molecular weight excluding hydrogens is 292 g/mol. The summed E-state index contributed by atoms with van der Waals surface area (Å²) in [5.74, 6) is -0.179. The van der Waals surface area contributed by atoms with Gasteiger partial charge in [0, 0.05) is 11.8 Å². The van der Waals surface area contributed by atoms with E-state index in [-0.39, 0.29) is 0 Å². The zero-order chi connectivity index (χ0) is 17.1. The second-order valence-electron chi connectivity index (χ2n) is 5.01. The monoisotopic (exact) mass is 316 g/mol. The van der Waals surface area contributed by atoms with E-state index in [0.717, 1.165) is 23.3 Å². The molecule has 0 aliphatic rings. The van der Waals surface area contributed by atoms with Gasteiger partial charge in [0.2, 0.25) is 0 Å². The maximum Gasteiger partial charge on any atom is 0.328 e. The third-order valence-electron chi connectivity index (χ3n) is 3.27. The number of ether oxygens (including phenoxy) is 1. The summed E-state index contributed by atoms with van der Waals surface area (Å²) in [5.41, 5.74) is 7.42. The number of hydrogen-bond acceptors (Lipinski definition) is 4. The summed E-state index contributed by atoms with van der Waals surface area (Å²) in [6, 6.07) is 5.16. The zero-order valence-corrected chi connectivity index (χ0v) is 13.4. The second-order valence-corrected chi connectivity index (χ2v) is 5.01. The summed E-state index contributed by atoms with van der Waals surface area (Å²) >= 11 is 0. The van der Waals surface area contributed by atoms with Gasteiger partial charge in [0.1, 0.15) is 11.8 Å². The minimum absolute atomic E-state index is 0.440. The lowest BCUT2D eigenvalue weighted by Crippen LogP contribution is -2.19. The van der Waals surface area contributed by atoms with Crippen molar-refractivity contribution in [3.05, 3.63) is 48.1 Å². The summed E-state index contributed by atoms with van der Waals surface area (Å²) in [6.07, 6.45) is 8.75. The van der Waals surface area contributed by atoms with E-state index in [9.17, 15) is 4.79 Å². The molecule has 0 aliphatic heterocycles. The largest absolute Gasteiger partial charge is 0.496 e. The minimum atomic E-state index is -0.936. The molecule has 0 heterocycles. The Hall–Kier alpha value is -2.40. The Morgan fingerprint density at radius 3 is 2.91 bits per heavy atom. The van der Waals surface area contributed by atoms with E-state index in [2.05, 4.69) is 11.6 Å². The highest BCUT2D eigenvalue weighted by Crippen LogP contribution is 2.22. The minimum Gasteiger partial charge on any atom is -0.496 e. The lowest BCUT2D eigenvalue weighted by molar-refractivity contribution is -0.138. The number of nitrogens with zero attached hydrogens (tertiary/aromatic N) is 1. The molecule has 23 heavy (non-hydrogen) atoms. The molecule has 0 aliphatic carbocycles. The topological polar surface area (TPSA) is 84.9 Å². The van der Waals surface area contributed by atoms with Gasteiger partial charge >= 0.3 is 5.97 Å². The van der Waals surface area contributed by atoms with Crippen LogP contribution in [0.5, 0.6) is 5.75 Å². The molecule has 0 saturated carbocycles. The average molecular weight is 316 g/mol. The quantitative estimate of drug-likeness (QED) is 0.513. The van der Waals surface area contributed by atoms with Crippen LogP contribution >= 0.6 is 0 Å². The fourth-order valence-electron chi connectivity index (χ4n) is 2.06. The predicted molar refractivity (Wildman–Crippen MR) is 94.1 cm³/mol. The van der Waals surface area contributed by atoms with Crippen LogP contribution in [0.3, 0.4) is 0 Å². The van der Waals surface area contributed by atoms with E-state index >= 15 is 0 Å². The van der Waals surface area contributed by atoms with Crippen LogP contribution < -0.4 is 10.5 Å². The van der Waals surface area contributed by atoms with E-state index < -0.39 is 12.0 Å². The molecule has 3 N–H and O–H groups in total. The molecule has 0 saturated heterocycles. The van der Waals surface area contributed by atoms with Gasteiger partial charge in [-0.25, -0.2) is 4.79 Å². The van der Waals surface area contributed by atoms with Crippen LogP contribution in [0.25, 0.3) is 6.08 Å². The Balaban J connectivity index is 2.77. The van der Waals surface area contributed by atoms with Gasteiger partial charge < -0.3 is 15.6 Å². The number of nitrogens with two attached hydrogens (primary N) is 1. The predicted octanol–water partition coefficient (Wildman–Crippen LogP) is 2.70. The van der Waals surface area contributed by atoms with Gasteiger partial charge in [-0.1, -0.05) is 18.2 Å². The van der Waals surface area contributed by atoms with Crippen LogP contribution in [0, 0.1) is 0 Å². The fourth-order valence-corrected chi connectivity index (χ4v) is 2.06. The second kappa shape index (κ2) is 10.3. The molecule has 0 aromatic heterocycles. The Morgan fingerprint density at radius 2 is 2.30 bits per heavy atom. The number of rotatable bonds is 10. The number of allylic oxidation sites excluding steroid dienone is 2. The molecule has 0 spiro atoms. The molecule has 1 unspecified atom stereocenters. The number of carboxylic acid groups (broad SMARTS) is 1. The van der Waals surface area contributed by atoms with E-state index in [0.29, 0.717) is 19.4 Å². The Morgan fingerprint density at radius 1 is 1.52 bits per heavy atom. The van der Waals surface area contributed by atoms with Crippen LogP contribution in [0.15, 0.2) is 41.9 Å². The first-order valence-corrected chi connectivity index (χ1v) is 7.53. The lowest BCUT2D eigenvalue weighted by atomic mass is 10.1. The molecule has 1 aromatic carbocycles. The van der Waals surface area contributed by atoms with Crippen molar-refractivity contribution in [3.63, 3.8) is 0 Å². The van der Waals surface area contributed by atoms with Crippen molar-refractivity contribution < 1.29 is 14.6 Å². The normalized spacial score (nSPS) is 12.6. The van der Waals surface area contributed by atoms with E-state index in [1.807, 2.05) is 30.4 Å². The third-order valence-corrected chi connectivity index (χ3v) is 3.27. The maximum absolute atomic E-state index is 11.1. The highest BCUT2D eigenvalue weighted by molar-refractivity contribution is 5.82. The number of methoxy groups -OCH3 is 1. The highest BCUT2D eigenvalue weighted by Gasteiger charge is 2.13. The van der Waals surface area contributed by atoms with Gasteiger partial charge in [0.05, 0.1) is 7.11 Å². The molecule has 1 aromatic rings. The van der Waals surface area contributed by atoms with Crippen molar-refractivity contribution in [1.29, 1.82) is 0 Å². The summed E-state index contributed by atoms with van der Waals surface area (Å²) in [5, 5.41) is 9.07. The van der Waals surface area contributed by atoms with Crippen molar-refractivity contribution in [2.75, 3.05) is 13.7 Å². The van der Waals surface area contributed by atoms with Gasteiger partial charge in [-0.05, 0) is 49.6 Å². The fraction of sp³-hybridized carbons (Fsp3) is 0.333. The summed E-state index contributed by atoms with van der Waals surface area (Å²) in [6.45, 7) is 4.18. The molecule has 5 heteroatoms. The molecule has 0 radical (unpaired) electrons. The van der Waals surface area contributed by atoms with Gasteiger partial charge in [-0.3, -0.25) is 4.99 Å². The van der Waals surface area contributed by atoms with E-state index in [4.69, 9.17) is 15.6 Å². The smallest absolute Gasteiger partial charge is 0.328 e. The molecule has 0 amide bonds. The number of carboxylic acids is 1.